The van der Waals surface area contributed by atoms with E-state index < -0.39 is 5.97 Å². The van der Waals surface area contributed by atoms with Crippen molar-refractivity contribution in [1.82, 2.24) is 4.90 Å². The molecule has 0 bridgehead atoms. The third-order valence-electron chi connectivity index (χ3n) is 4.21. The summed E-state index contributed by atoms with van der Waals surface area (Å²) in [6.45, 7) is 3.55. The Kier molecular flexibility index (Phi) is 5.37. The Bertz CT molecular complexity index is 487. The van der Waals surface area contributed by atoms with Gasteiger partial charge in [0.2, 0.25) is 5.91 Å². The van der Waals surface area contributed by atoms with Gasteiger partial charge < -0.3 is 10.0 Å². The quantitative estimate of drug-likeness (QED) is 0.906. The van der Waals surface area contributed by atoms with Gasteiger partial charge in [0.25, 0.3) is 0 Å². The first-order chi connectivity index (χ1) is 10.0. The van der Waals surface area contributed by atoms with Gasteiger partial charge in [-0.1, -0.05) is 29.8 Å². The number of hydrogen-bond donors (Lipinski definition) is 1. The number of aryl methyl sites for hydroxylation is 1. The van der Waals surface area contributed by atoms with E-state index in [0.717, 1.165) is 37.9 Å². The van der Waals surface area contributed by atoms with Gasteiger partial charge in [0.05, 0.1) is 6.42 Å². The van der Waals surface area contributed by atoms with E-state index in [2.05, 4.69) is 0 Å². The van der Waals surface area contributed by atoms with E-state index in [-0.39, 0.29) is 12.3 Å². The highest BCUT2D eigenvalue weighted by molar-refractivity contribution is 5.78. The summed E-state index contributed by atoms with van der Waals surface area (Å²) in [6.07, 6.45) is 3.28. The van der Waals surface area contributed by atoms with Gasteiger partial charge >= 0.3 is 5.97 Å². The monoisotopic (exact) mass is 289 g/mol. The van der Waals surface area contributed by atoms with Gasteiger partial charge in [-0.05, 0) is 37.7 Å². The number of carbonyl (C=O) groups excluding carboxylic acids is 1. The van der Waals surface area contributed by atoms with Crippen molar-refractivity contribution >= 4 is 11.9 Å². The molecule has 0 unspecified atom stereocenters. The van der Waals surface area contributed by atoms with E-state index in [4.69, 9.17) is 5.11 Å². The molecule has 0 spiro atoms. The number of carboxylic acid groups (broad SMARTS) is 1. The molecule has 1 fully saturated rings. The number of likely N-dealkylation sites (tertiary alicyclic amines) is 1. The van der Waals surface area contributed by atoms with Gasteiger partial charge in [0, 0.05) is 19.5 Å². The first-order valence-corrected chi connectivity index (χ1v) is 7.59. The van der Waals surface area contributed by atoms with Crippen LogP contribution < -0.4 is 0 Å². The standard InChI is InChI=1S/C17H23NO3/c1-13-2-4-15(5-3-13)12-16(19)18-10-8-14(9-11-18)6-7-17(20)21/h2-5,14H,6-12H2,1H3,(H,20,21). The average Bonchev–Trinajstić information content (AvgIpc) is 2.48. The Hall–Kier alpha value is -1.84. The largest absolute Gasteiger partial charge is 0.481 e. The fourth-order valence-corrected chi connectivity index (χ4v) is 2.79. The van der Waals surface area contributed by atoms with E-state index in [0.29, 0.717) is 12.3 Å². The van der Waals surface area contributed by atoms with Crippen molar-refractivity contribution in [1.29, 1.82) is 0 Å². The minimum Gasteiger partial charge on any atom is -0.481 e. The van der Waals surface area contributed by atoms with Crippen LogP contribution in [0.25, 0.3) is 0 Å². The number of aliphatic carboxylic acids is 1. The molecule has 0 saturated carbocycles. The molecular formula is C17H23NO3. The maximum Gasteiger partial charge on any atom is 0.303 e. The van der Waals surface area contributed by atoms with Crippen LogP contribution in [0.1, 0.15) is 36.8 Å². The fraction of sp³-hybridized carbons (Fsp3) is 0.529. The van der Waals surface area contributed by atoms with Crippen molar-refractivity contribution < 1.29 is 14.7 Å². The highest BCUT2D eigenvalue weighted by atomic mass is 16.4. The van der Waals surface area contributed by atoms with Gasteiger partial charge in [-0.25, -0.2) is 0 Å². The molecule has 0 radical (unpaired) electrons. The van der Waals surface area contributed by atoms with Crippen LogP contribution in [0.3, 0.4) is 0 Å². The zero-order valence-electron chi connectivity index (χ0n) is 12.5. The summed E-state index contributed by atoms with van der Waals surface area (Å²) in [7, 11) is 0. The van der Waals surface area contributed by atoms with E-state index in [1.165, 1.54) is 5.56 Å². The molecule has 1 aromatic rings. The molecule has 0 aromatic heterocycles. The summed E-state index contributed by atoms with van der Waals surface area (Å²) in [6, 6.07) is 8.07. The summed E-state index contributed by atoms with van der Waals surface area (Å²) in [5.41, 5.74) is 2.25. The smallest absolute Gasteiger partial charge is 0.303 e. The molecule has 4 heteroatoms. The van der Waals surface area contributed by atoms with Crippen molar-refractivity contribution in [3.05, 3.63) is 35.4 Å². The first kappa shape index (κ1) is 15.5. The van der Waals surface area contributed by atoms with Crippen LogP contribution in [-0.4, -0.2) is 35.0 Å². The second-order valence-electron chi connectivity index (χ2n) is 5.92. The van der Waals surface area contributed by atoms with E-state index in [1.807, 2.05) is 36.1 Å². The van der Waals surface area contributed by atoms with Gasteiger partial charge in [0.1, 0.15) is 0 Å². The lowest BCUT2D eigenvalue weighted by atomic mass is 9.92. The number of rotatable bonds is 5. The highest BCUT2D eigenvalue weighted by Crippen LogP contribution is 2.22. The zero-order valence-corrected chi connectivity index (χ0v) is 12.5. The number of piperidine rings is 1. The van der Waals surface area contributed by atoms with Crippen LogP contribution in [0.4, 0.5) is 0 Å². The van der Waals surface area contributed by atoms with Gasteiger partial charge in [-0.3, -0.25) is 9.59 Å². The van der Waals surface area contributed by atoms with E-state index in [1.54, 1.807) is 0 Å². The number of amides is 1. The molecule has 4 nitrogen and oxygen atoms in total. The number of carbonyl (C=O) groups is 2. The molecule has 114 valence electrons. The van der Waals surface area contributed by atoms with Crippen LogP contribution in [0.5, 0.6) is 0 Å². The molecule has 1 saturated heterocycles. The number of carboxylic acids is 1. The van der Waals surface area contributed by atoms with Crippen molar-refractivity contribution in [2.45, 2.75) is 39.0 Å². The van der Waals surface area contributed by atoms with Crippen molar-refractivity contribution in [3.8, 4) is 0 Å². The lowest BCUT2D eigenvalue weighted by Crippen LogP contribution is -2.39. The zero-order chi connectivity index (χ0) is 15.2. The fourth-order valence-electron chi connectivity index (χ4n) is 2.79. The van der Waals surface area contributed by atoms with Crippen LogP contribution in [0.15, 0.2) is 24.3 Å². The second kappa shape index (κ2) is 7.25. The molecule has 0 aliphatic carbocycles. The van der Waals surface area contributed by atoms with Crippen LogP contribution in [0.2, 0.25) is 0 Å². The molecule has 1 amide bonds. The molecule has 2 rings (SSSR count). The predicted molar refractivity (Wildman–Crippen MR) is 81.1 cm³/mol. The molecule has 0 atom stereocenters. The average molecular weight is 289 g/mol. The van der Waals surface area contributed by atoms with Crippen molar-refractivity contribution in [2.75, 3.05) is 13.1 Å². The molecule has 1 aliphatic heterocycles. The third-order valence-corrected chi connectivity index (χ3v) is 4.21. The Balaban J connectivity index is 1.77. The molecule has 1 aromatic carbocycles. The van der Waals surface area contributed by atoms with Crippen LogP contribution in [-0.2, 0) is 16.0 Å². The minimum atomic E-state index is -0.729. The molecule has 1 aliphatic rings. The van der Waals surface area contributed by atoms with Crippen molar-refractivity contribution in [3.63, 3.8) is 0 Å². The van der Waals surface area contributed by atoms with E-state index in [9.17, 15) is 9.59 Å². The summed E-state index contributed by atoms with van der Waals surface area (Å²) >= 11 is 0. The van der Waals surface area contributed by atoms with Crippen LogP contribution in [0, 0.1) is 12.8 Å². The highest BCUT2D eigenvalue weighted by Gasteiger charge is 2.23. The molecule has 1 N–H and O–H groups in total. The molecule has 1 heterocycles. The van der Waals surface area contributed by atoms with Gasteiger partial charge in [-0.2, -0.15) is 0 Å². The number of benzene rings is 1. The topological polar surface area (TPSA) is 57.6 Å². The first-order valence-electron chi connectivity index (χ1n) is 7.59. The number of nitrogens with zero attached hydrogens (tertiary/aromatic N) is 1. The molecular weight excluding hydrogens is 266 g/mol. The molecule has 21 heavy (non-hydrogen) atoms. The van der Waals surface area contributed by atoms with Crippen molar-refractivity contribution in [2.24, 2.45) is 5.92 Å². The Labute approximate surface area is 125 Å². The maximum atomic E-state index is 12.3. The summed E-state index contributed by atoms with van der Waals surface area (Å²) in [4.78, 5) is 24.7. The Morgan fingerprint density at radius 3 is 2.38 bits per heavy atom. The summed E-state index contributed by atoms with van der Waals surface area (Å²) < 4.78 is 0. The summed E-state index contributed by atoms with van der Waals surface area (Å²) in [5.74, 6) is -0.104. The maximum absolute atomic E-state index is 12.3. The Morgan fingerprint density at radius 1 is 1.19 bits per heavy atom. The summed E-state index contributed by atoms with van der Waals surface area (Å²) in [5, 5.41) is 8.70. The lowest BCUT2D eigenvalue weighted by Gasteiger charge is -2.32. The van der Waals surface area contributed by atoms with Gasteiger partial charge in [-0.15, -0.1) is 0 Å². The minimum absolute atomic E-state index is 0.176. The van der Waals surface area contributed by atoms with E-state index >= 15 is 0 Å². The van der Waals surface area contributed by atoms with Gasteiger partial charge in [0.15, 0.2) is 0 Å². The lowest BCUT2D eigenvalue weighted by molar-refractivity contribution is -0.138. The van der Waals surface area contributed by atoms with Crippen LogP contribution >= 0.6 is 0 Å². The Morgan fingerprint density at radius 2 is 1.81 bits per heavy atom. The third kappa shape index (κ3) is 4.88. The predicted octanol–water partition coefficient (Wildman–Crippen LogP) is 2.64. The number of hydrogen-bond acceptors (Lipinski definition) is 2. The second-order valence-corrected chi connectivity index (χ2v) is 5.92. The normalized spacial score (nSPS) is 16.0. The SMILES string of the molecule is Cc1ccc(CC(=O)N2CCC(CCC(=O)O)CC2)cc1.